The number of halogens is 1. The molecular formula is C17H24FN3OS. The SMILES string of the molecule is CC1(N)CCN(C(=O)N2CCC(Sc3ccc(F)cc3)C2)CC1. The molecule has 23 heavy (non-hydrogen) atoms. The van der Waals surface area contributed by atoms with Crippen molar-refractivity contribution in [2.75, 3.05) is 26.2 Å². The molecule has 1 aromatic carbocycles. The van der Waals surface area contributed by atoms with Crippen LogP contribution in [0.1, 0.15) is 26.2 Å². The van der Waals surface area contributed by atoms with E-state index < -0.39 is 0 Å². The second-order valence-corrected chi connectivity index (χ2v) is 8.23. The zero-order valence-electron chi connectivity index (χ0n) is 13.5. The molecule has 0 aliphatic carbocycles. The summed E-state index contributed by atoms with van der Waals surface area (Å²) in [6, 6.07) is 6.71. The second-order valence-electron chi connectivity index (χ2n) is 6.85. The Morgan fingerprint density at radius 1 is 1.22 bits per heavy atom. The molecule has 2 saturated heterocycles. The molecule has 126 valence electrons. The van der Waals surface area contributed by atoms with Crippen molar-refractivity contribution in [1.82, 2.24) is 9.80 Å². The quantitative estimate of drug-likeness (QED) is 0.903. The van der Waals surface area contributed by atoms with Gasteiger partial charge in [0.25, 0.3) is 0 Å². The molecule has 2 aliphatic rings. The molecule has 2 heterocycles. The first kappa shape index (κ1) is 16.6. The van der Waals surface area contributed by atoms with E-state index in [9.17, 15) is 9.18 Å². The number of likely N-dealkylation sites (tertiary alicyclic amines) is 2. The lowest BCUT2D eigenvalue weighted by molar-refractivity contribution is 0.136. The van der Waals surface area contributed by atoms with Gasteiger partial charge in [0.05, 0.1) is 0 Å². The Labute approximate surface area is 141 Å². The van der Waals surface area contributed by atoms with Crippen molar-refractivity contribution in [1.29, 1.82) is 0 Å². The number of nitrogens with zero attached hydrogens (tertiary/aromatic N) is 2. The first-order valence-corrected chi connectivity index (χ1v) is 9.06. The van der Waals surface area contributed by atoms with Crippen LogP contribution in [0.15, 0.2) is 29.2 Å². The highest BCUT2D eigenvalue weighted by Crippen LogP contribution is 2.30. The highest BCUT2D eigenvalue weighted by Gasteiger charge is 2.33. The summed E-state index contributed by atoms with van der Waals surface area (Å²) in [5, 5.41) is 0.383. The maximum absolute atomic E-state index is 13.0. The predicted molar refractivity (Wildman–Crippen MR) is 91.0 cm³/mol. The van der Waals surface area contributed by atoms with E-state index in [0.29, 0.717) is 5.25 Å². The van der Waals surface area contributed by atoms with E-state index in [1.807, 2.05) is 9.80 Å². The summed E-state index contributed by atoms with van der Waals surface area (Å²) in [7, 11) is 0. The van der Waals surface area contributed by atoms with E-state index in [1.165, 1.54) is 12.1 Å². The number of piperidine rings is 1. The van der Waals surface area contributed by atoms with Crippen molar-refractivity contribution in [2.45, 2.75) is 41.9 Å². The van der Waals surface area contributed by atoms with Crippen molar-refractivity contribution >= 4 is 17.8 Å². The number of carbonyl (C=O) groups excluding carboxylic acids is 1. The molecule has 1 atom stereocenters. The number of amides is 2. The minimum Gasteiger partial charge on any atom is -0.325 e. The van der Waals surface area contributed by atoms with Crippen molar-refractivity contribution < 1.29 is 9.18 Å². The van der Waals surface area contributed by atoms with Gasteiger partial charge in [-0.25, -0.2) is 9.18 Å². The zero-order chi connectivity index (χ0) is 16.4. The molecule has 3 rings (SSSR count). The number of thioether (sulfide) groups is 1. The average molecular weight is 337 g/mol. The molecule has 4 nitrogen and oxygen atoms in total. The van der Waals surface area contributed by atoms with Crippen LogP contribution < -0.4 is 5.73 Å². The number of hydrogen-bond acceptors (Lipinski definition) is 3. The summed E-state index contributed by atoms with van der Waals surface area (Å²) in [6.07, 6.45) is 2.71. The molecule has 6 heteroatoms. The number of rotatable bonds is 2. The van der Waals surface area contributed by atoms with Gasteiger partial charge in [0.2, 0.25) is 0 Å². The van der Waals surface area contributed by atoms with Crippen molar-refractivity contribution in [3.8, 4) is 0 Å². The minimum absolute atomic E-state index is 0.136. The smallest absolute Gasteiger partial charge is 0.320 e. The Morgan fingerprint density at radius 3 is 2.52 bits per heavy atom. The fourth-order valence-corrected chi connectivity index (χ4v) is 4.27. The lowest BCUT2D eigenvalue weighted by Gasteiger charge is -2.38. The number of carbonyl (C=O) groups is 1. The zero-order valence-corrected chi connectivity index (χ0v) is 14.3. The van der Waals surface area contributed by atoms with Crippen LogP contribution in [0.3, 0.4) is 0 Å². The van der Waals surface area contributed by atoms with Crippen molar-refractivity contribution in [2.24, 2.45) is 5.73 Å². The standard InChI is InChI=1S/C17H24FN3OS/c1-17(19)7-10-20(11-8-17)16(22)21-9-6-15(12-21)23-14-4-2-13(18)3-5-14/h2-5,15H,6-12,19H2,1H3. The van der Waals surface area contributed by atoms with Crippen LogP contribution in [0, 0.1) is 5.82 Å². The highest BCUT2D eigenvalue weighted by molar-refractivity contribution is 8.00. The van der Waals surface area contributed by atoms with Crippen LogP contribution in [0.4, 0.5) is 9.18 Å². The van der Waals surface area contributed by atoms with Crippen LogP contribution in [0.2, 0.25) is 0 Å². The first-order valence-electron chi connectivity index (χ1n) is 8.18. The van der Waals surface area contributed by atoms with Crippen LogP contribution in [0.25, 0.3) is 0 Å². The summed E-state index contributed by atoms with van der Waals surface area (Å²) >= 11 is 1.73. The number of hydrogen-bond donors (Lipinski definition) is 1. The Bertz CT molecular complexity index is 553. The van der Waals surface area contributed by atoms with Gasteiger partial charge in [-0.3, -0.25) is 0 Å². The van der Waals surface area contributed by atoms with Crippen molar-refractivity contribution in [3.63, 3.8) is 0 Å². The average Bonchev–Trinajstić information content (AvgIpc) is 2.97. The van der Waals surface area contributed by atoms with Gasteiger partial charge in [-0.15, -0.1) is 11.8 Å². The lowest BCUT2D eigenvalue weighted by Crippen LogP contribution is -2.52. The number of urea groups is 1. The van der Waals surface area contributed by atoms with Crippen LogP contribution in [-0.4, -0.2) is 52.8 Å². The van der Waals surface area contributed by atoms with Gasteiger partial charge in [-0.1, -0.05) is 0 Å². The third-order valence-corrected chi connectivity index (χ3v) is 5.97. The Hall–Kier alpha value is -1.27. The molecule has 1 aromatic rings. The maximum Gasteiger partial charge on any atom is 0.320 e. The van der Waals surface area contributed by atoms with E-state index in [4.69, 9.17) is 5.73 Å². The fraction of sp³-hybridized carbons (Fsp3) is 0.588. The number of nitrogens with two attached hydrogens (primary N) is 1. The van der Waals surface area contributed by atoms with E-state index >= 15 is 0 Å². The van der Waals surface area contributed by atoms with E-state index in [-0.39, 0.29) is 17.4 Å². The topological polar surface area (TPSA) is 49.6 Å². The third-order valence-electron chi connectivity index (χ3n) is 4.71. The lowest BCUT2D eigenvalue weighted by atomic mass is 9.91. The van der Waals surface area contributed by atoms with Crippen molar-refractivity contribution in [3.05, 3.63) is 30.1 Å². The fourth-order valence-electron chi connectivity index (χ4n) is 3.11. The van der Waals surface area contributed by atoms with Gasteiger partial charge in [0.15, 0.2) is 0 Å². The third kappa shape index (κ3) is 4.18. The molecule has 0 bridgehead atoms. The molecule has 2 amide bonds. The van der Waals surface area contributed by atoms with Gasteiger partial charge >= 0.3 is 6.03 Å². The summed E-state index contributed by atoms with van der Waals surface area (Å²) in [6.45, 7) is 5.11. The minimum atomic E-state index is -0.213. The predicted octanol–water partition coefficient (Wildman–Crippen LogP) is 2.93. The van der Waals surface area contributed by atoms with Crippen LogP contribution in [-0.2, 0) is 0 Å². The number of benzene rings is 1. The molecule has 0 aromatic heterocycles. The van der Waals surface area contributed by atoms with Gasteiger partial charge in [-0.05, 0) is 50.5 Å². The molecule has 0 radical (unpaired) electrons. The van der Waals surface area contributed by atoms with Gasteiger partial charge in [0, 0.05) is 41.9 Å². The molecule has 0 spiro atoms. The molecule has 1 unspecified atom stereocenters. The van der Waals surface area contributed by atoms with Crippen LogP contribution in [0.5, 0.6) is 0 Å². The van der Waals surface area contributed by atoms with E-state index in [0.717, 1.165) is 50.3 Å². The van der Waals surface area contributed by atoms with E-state index in [1.54, 1.807) is 23.9 Å². The Kier molecular flexibility index (Phi) is 4.82. The Balaban J connectivity index is 1.51. The normalized spacial score (nSPS) is 24.0. The first-order chi connectivity index (χ1) is 10.9. The molecule has 2 aliphatic heterocycles. The second kappa shape index (κ2) is 6.69. The molecule has 2 fully saturated rings. The monoisotopic (exact) mass is 337 g/mol. The Morgan fingerprint density at radius 2 is 1.87 bits per heavy atom. The largest absolute Gasteiger partial charge is 0.325 e. The molecule has 0 saturated carbocycles. The molecule has 2 N–H and O–H groups in total. The van der Waals surface area contributed by atoms with Crippen LogP contribution >= 0.6 is 11.8 Å². The summed E-state index contributed by atoms with van der Waals surface area (Å²) in [4.78, 5) is 17.5. The van der Waals surface area contributed by atoms with Gasteiger partial charge in [-0.2, -0.15) is 0 Å². The highest BCUT2D eigenvalue weighted by atomic mass is 32.2. The van der Waals surface area contributed by atoms with E-state index in [2.05, 4.69) is 6.92 Å². The summed E-state index contributed by atoms with van der Waals surface area (Å²) < 4.78 is 13.0. The molecular weight excluding hydrogens is 313 g/mol. The van der Waals surface area contributed by atoms with Gasteiger partial charge < -0.3 is 15.5 Å². The van der Waals surface area contributed by atoms with Gasteiger partial charge in [0.1, 0.15) is 5.82 Å². The summed E-state index contributed by atoms with van der Waals surface area (Å²) in [5.74, 6) is -0.213. The summed E-state index contributed by atoms with van der Waals surface area (Å²) in [5.41, 5.74) is 5.99. The maximum atomic E-state index is 13.0.